The second-order valence-corrected chi connectivity index (χ2v) is 11.5. The van der Waals surface area contributed by atoms with Gasteiger partial charge in [0, 0.05) is 49.1 Å². The van der Waals surface area contributed by atoms with E-state index in [1.807, 2.05) is 6.92 Å². The number of carbonyl (C=O) groups excluding carboxylic acids is 3. The van der Waals surface area contributed by atoms with Gasteiger partial charge in [-0.25, -0.2) is 13.6 Å². The van der Waals surface area contributed by atoms with Gasteiger partial charge in [-0.2, -0.15) is 0 Å². The van der Waals surface area contributed by atoms with Crippen LogP contribution in [-0.2, 0) is 16.1 Å². The Morgan fingerprint density at radius 1 is 1.10 bits per heavy atom. The zero-order valence-electron chi connectivity index (χ0n) is 26.5. The molecule has 0 spiro atoms. The summed E-state index contributed by atoms with van der Waals surface area (Å²) in [7, 11) is 0. The number of pyridine rings is 1. The molecule has 3 atom stereocenters. The minimum absolute atomic E-state index is 0.0472. The Hall–Kier alpha value is -5.87. The molecule has 3 unspecified atom stereocenters. The number of nitrogens with one attached hydrogen (secondary N) is 1. The van der Waals surface area contributed by atoms with E-state index in [-0.39, 0.29) is 35.3 Å². The molecule has 1 N–H and O–H groups in total. The van der Waals surface area contributed by atoms with Crippen LogP contribution in [0.2, 0.25) is 0 Å². The normalized spacial score (nSPS) is 18.0. The van der Waals surface area contributed by atoms with Crippen LogP contribution in [0.1, 0.15) is 66.1 Å². The van der Waals surface area contributed by atoms with E-state index in [9.17, 15) is 38.1 Å². The molecule has 0 radical (unpaired) electrons. The van der Waals surface area contributed by atoms with Crippen LogP contribution in [0.25, 0.3) is 0 Å². The first-order valence-electron chi connectivity index (χ1n) is 15.0. The van der Waals surface area contributed by atoms with Gasteiger partial charge in [0.05, 0.1) is 16.7 Å². The van der Waals surface area contributed by atoms with Crippen molar-refractivity contribution in [1.29, 1.82) is 0 Å². The number of nitrogens with zero attached hydrogens (tertiary/aromatic N) is 4. The van der Waals surface area contributed by atoms with Gasteiger partial charge in [0.15, 0.2) is 5.69 Å². The molecule has 1 aromatic heterocycles. The van der Waals surface area contributed by atoms with Crippen LogP contribution in [0.3, 0.4) is 0 Å². The SMILES string of the molecule is CC(C)=NOC1CCC(C)N2CC1n1cc(C(=O)NCc3ccc(F)cc3F)c(=O)c(OCOC(=O)Oc3ccc([N+](=O)[O-])cc3)c1C2=O. The number of amides is 2. The molecule has 2 aliphatic heterocycles. The van der Waals surface area contributed by atoms with Crippen LogP contribution >= 0.6 is 0 Å². The Morgan fingerprint density at radius 2 is 1.84 bits per heavy atom. The average Bonchev–Trinajstić information content (AvgIpc) is 3.19. The maximum atomic E-state index is 14.3. The van der Waals surface area contributed by atoms with Crippen molar-refractivity contribution < 1.29 is 47.1 Å². The van der Waals surface area contributed by atoms with E-state index in [2.05, 4.69) is 10.5 Å². The lowest BCUT2D eigenvalue weighted by molar-refractivity contribution is -0.384. The van der Waals surface area contributed by atoms with Gasteiger partial charge < -0.3 is 33.8 Å². The summed E-state index contributed by atoms with van der Waals surface area (Å²) < 4.78 is 44.6. The van der Waals surface area contributed by atoms with Crippen molar-refractivity contribution in [2.45, 2.75) is 58.3 Å². The first-order chi connectivity index (χ1) is 23.3. The molecule has 2 bridgehead atoms. The molecule has 258 valence electrons. The standard InChI is InChI=1S/C32H31F2N5O10/c1-17(2)36-49-26-11-4-18(3)37-15-25(26)38-14-23(30(41)35-13-19-5-6-20(33)12-24(19)34)28(40)29(27(38)31(37)42)46-16-47-32(43)48-22-9-7-21(8-10-22)39(44)45/h5-10,12,14,18,25-26H,4,11,13,15-16H2,1-3H3,(H,35,41). The molecule has 1 fully saturated rings. The van der Waals surface area contributed by atoms with Crippen LogP contribution in [0.15, 0.2) is 58.6 Å². The number of nitro benzene ring substituents is 1. The Labute approximate surface area is 277 Å². The van der Waals surface area contributed by atoms with E-state index >= 15 is 0 Å². The third-order valence-electron chi connectivity index (χ3n) is 7.93. The van der Waals surface area contributed by atoms with Crippen molar-refractivity contribution >= 4 is 29.4 Å². The van der Waals surface area contributed by atoms with Crippen LogP contribution in [0.5, 0.6) is 11.5 Å². The molecule has 17 heteroatoms. The van der Waals surface area contributed by atoms with E-state index < -0.39 is 76.8 Å². The molecular weight excluding hydrogens is 652 g/mol. The largest absolute Gasteiger partial charge is 0.516 e. The van der Waals surface area contributed by atoms with E-state index in [0.717, 1.165) is 24.3 Å². The number of aromatic nitrogens is 1. The molecule has 0 saturated carbocycles. The number of carbonyl (C=O) groups is 3. The molecule has 3 aromatic rings. The molecule has 2 amide bonds. The molecule has 2 aliphatic rings. The smallest absolute Gasteiger partial charge is 0.451 e. The number of hydrogen-bond acceptors (Lipinski definition) is 11. The number of benzene rings is 2. The maximum Gasteiger partial charge on any atom is 0.516 e. The highest BCUT2D eigenvalue weighted by Crippen LogP contribution is 2.36. The van der Waals surface area contributed by atoms with Gasteiger partial charge in [-0.1, -0.05) is 11.2 Å². The van der Waals surface area contributed by atoms with Crippen molar-refractivity contribution in [3.05, 3.63) is 97.5 Å². The van der Waals surface area contributed by atoms with Gasteiger partial charge in [-0.3, -0.25) is 24.5 Å². The number of fused-ring (bicyclic) bond motifs is 4. The van der Waals surface area contributed by atoms with Gasteiger partial charge >= 0.3 is 6.16 Å². The van der Waals surface area contributed by atoms with E-state index in [1.165, 1.54) is 22.9 Å². The van der Waals surface area contributed by atoms with Gasteiger partial charge in [-0.05, 0) is 51.8 Å². The highest BCUT2D eigenvalue weighted by molar-refractivity contribution is 5.99. The molecular formula is C32H31F2N5O10. The zero-order chi connectivity index (χ0) is 35.4. The molecule has 3 heterocycles. The first-order valence-corrected chi connectivity index (χ1v) is 15.0. The molecule has 49 heavy (non-hydrogen) atoms. The fraction of sp³-hybridized carbons (Fsp3) is 0.344. The van der Waals surface area contributed by atoms with Crippen molar-refractivity contribution in [2.24, 2.45) is 5.16 Å². The van der Waals surface area contributed by atoms with E-state index in [4.69, 9.17) is 19.0 Å². The summed E-state index contributed by atoms with van der Waals surface area (Å²) >= 11 is 0. The number of halogens is 2. The molecule has 0 aliphatic carbocycles. The quantitative estimate of drug-likeness (QED) is 0.0799. The average molecular weight is 684 g/mol. The third-order valence-corrected chi connectivity index (χ3v) is 7.93. The van der Waals surface area contributed by atoms with Crippen molar-refractivity contribution in [3.8, 4) is 11.5 Å². The summed E-state index contributed by atoms with van der Waals surface area (Å²) in [6.07, 6.45) is 0.309. The van der Waals surface area contributed by atoms with Crippen LogP contribution < -0.4 is 20.2 Å². The van der Waals surface area contributed by atoms with Crippen LogP contribution in [-0.4, -0.2) is 63.6 Å². The predicted octanol–water partition coefficient (Wildman–Crippen LogP) is 4.48. The van der Waals surface area contributed by atoms with Crippen LogP contribution in [0.4, 0.5) is 19.3 Å². The minimum Gasteiger partial charge on any atom is -0.451 e. The van der Waals surface area contributed by atoms with Gasteiger partial charge in [0.25, 0.3) is 17.5 Å². The number of hydrogen-bond donors (Lipinski definition) is 1. The molecule has 5 rings (SSSR count). The van der Waals surface area contributed by atoms with Crippen LogP contribution in [0, 0.1) is 21.7 Å². The highest BCUT2D eigenvalue weighted by atomic mass is 19.1. The topological polar surface area (TPSA) is 181 Å². The van der Waals surface area contributed by atoms with E-state index in [1.54, 1.807) is 18.7 Å². The Kier molecular flexibility index (Phi) is 10.2. The second-order valence-electron chi connectivity index (χ2n) is 11.5. The highest BCUT2D eigenvalue weighted by Gasteiger charge is 2.44. The Morgan fingerprint density at radius 3 is 2.51 bits per heavy atom. The number of rotatable bonds is 10. The second kappa shape index (κ2) is 14.5. The lowest BCUT2D eigenvalue weighted by atomic mass is 10.0. The summed E-state index contributed by atoms with van der Waals surface area (Å²) in [6, 6.07) is 6.46. The van der Waals surface area contributed by atoms with Crippen molar-refractivity contribution in [3.63, 3.8) is 0 Å². The van der Waals surface area contributed by atoms with Gasteiger partial charge in [-0.15, -0.1) is 0 Å². The summed E-state index contributed by atoms with van der Waals surface area (Å²) in [5.41, 5.74) is -1.39. The first kappa shape index (κ1) is 34.5. The predicted molar refractivity (Wildman–Crippen MR) is 166 cm³/mol. The summed E-state index contributed by atoms with van der Waals surface area (Å²) in [4.78, 5) is 71.1. The Bertz CT molecular complexity index is 1880. The number of nitro groups is 1. The van der Waals surface area contributed by atoms with Gasteiger partial charge in [0.2, 0.25) is 18.0 Å². The molecule has 1 saturated heterocycles. The summed E-state index contributed by atoms with van der Waals surface area (Å²) in [5.74, 6) is -3.94. The third kappa shape index (κ3) is 7.66. The van der Waals surface area contributed by atoms with Gasteiger partial charge in [0.1, 0.15) is 29.1 Å². The fourth-order valence-corrected chi connectivity index (χ4v) is 5.44. The number of non-ortho nitro benzene ring substituents is 1. The summed E-state index contributed by atoms with van der Waals surface area (Å²) in [5, 5.41) is 17.4. The summed E-state index contributed by atoms with van der Waals surface area (Å²) in [6.45, 7) is 4.14. The van der Waals surface area contributed by atoms with Crippen molar-refractivity contribution in [1.82, 2.24) is 14.8 Å². The molecule has 15 nitrogen and oxygen atoms in total. The lowest BCUT2D eigenvalue weighted by Crippen LogP contribution is -2.49. The Balaban J connectivity index is 1.47. The maximum absolute atomic E-state index is 14.3. The van der Waals surface area contributed by atoms with Crippen molar-refractivity contribution in [2.75, 3.05) is 13.3 Å². The minimum atomic E-state index is -1.29. The monoisotopic (exact) mass is 683 g/mol. The number of oxime groups is 1. The number of ether oxygens (including phenoxy) is 3. The lowest BCUT2D eigenvalue weighted by Gasteiger charge is -2.38. The fourth-order valence-electron chi connectivity index (χ4n) is 5.44. The van der Waals surface area contributed by atoms with E-state index in [0.29, 0.717) is 24.6 Å². The molecule has 2 aromatic carbocycles. The zero-order valence-corrected chi connectivity index (χ0v) is 26.5.